The Balaban J connectivity index is 2.59. The lowest BCUT2D eigenvalue weighted by Gasteiger charge is -2.13. The number of aliphatic hydroxyl groups excluding tert-OH is 1. The molecule has 5 nitrogen and oxygen atoms in total. The van der Waals surface area contributed by atoms with E-state index in [1.807, 2.05) is 6.92 Å². The van der Waals surface area contributed by atoms with Crippen molar-refractivity contribution in [2.75, 3.05) is 11.9 Å². The third-order valence-electron chi connectivity index (χ3n) is 1.80. The summed E-state index contributed by atoms with van der Waals surface area (Å²) in [6, 6.07) is 0.141. The first-order chi connectivity index (χ1) is 7.13. The van der Waals surface area contributed by atoms with Gasteiger partial charge in [-0.3, -0.25) is 0 Å². The van der Waals surface area contributed by atoms with Crippen LogP contribution in [0, 0.1) is 0 Å². The normalized spacial score (nSPS) is 12.5. The molecule has 0 saturated carbocycles. The molecule has 0 fully saturated rings. The SMILES string of the molecule is CC(CCCO)Nc1nc(Cl)nnc1Cl. The minimum absolute atomic E-state index is 0.0521. The summed E-state index contributed by atoms with van der Waals surface area (Å²) in [5.41, 5.74) is 0. The number of halogens is 2. The first-order valence-electron chi connectivity index (χ1n) is 4.56. The number of hydrogen-bond donors (Lipinski definition) is 2. The molecular weight excluding hydrogens is 239 g/mol. The molecule has 0 aliphatic carbocycles. The number of rotatable bonds is 5. The summed E-state index contributed by atoms with van der Waals surface area (Å²) >= 11 is 11.3. The second-order valence-corrected chi connectivity index (χ2v) is 3.83. The molecular formula is C8H12Cl2N4O. The number of anilines is 1. The summed E-state index contributed by atoms with van der Waals surface area (Å²) in [6.45, 7) is 2.13. The highest BCUT2D eigenvalue weighted by Gasteiger charge is 2.09. The Kier molecular flexibility index (Phi) is 5.01. The number of aliphatic hydroxyl groups is 1. The minimum atomic E-state index is 0.0521. The van der Waals surface area contributed by atoms with Gasteiger partial charge in [0.2, 0.25) is 5.28 Å². The fraction of sp³-hybridized carbons (Fsp3) is 0.625. The van der Waals surface area contributed by atoms with Crippen LogP contribution >= 0.6 is 23.2 Å². The van der Waals surface area contributed by atoms with Crippen molar-refractivity contribution in [1.29, 1.82) is 0 Å². The predicted molar refractivity (Wildman–Crippen MR) is 59.3 cm³/mol. The molecule has 1 unspecified atom stereocenters. The summed E-state index contributed by atoms with van der Waals surface area (Å²) in [5.74, 6) is 0.419. The maximum atomic E-state index is 8.67. The quantitative estimate of drug-likeness (QED) is 0.834. The molecule has 0 saturated heterocycles. The van der Waals surface area contributed by atoms with Gasteiger partial charge in [0, 0.05) is 12.6 Å². The van der Waals surface area contributed by atoms with Crippen molar-refractivity contribution in [3.63, 3.8) is 0 Å². The highest BCUT2D eigenvalue weighted by atomic mass is 35.5. The van der Waals surface area contributed by atoms with Crippen molar-refractivity contribution in [2.45, 2.75) is 25.8 Å². The second kappa shape index (κ2) is 6.05. The van der Waals surface area contributed by atoms with Crippen LogP contribution in [0.5, 0.6) is 0 Å². The summed E-state index contributed by atoms with van der Waals surface area (Å²) in [5, 5.41) is 19.1. The van der Waals surface area contributed by atoms with Crippen LogP contribution in [-0.4, -0.2) is 32.9 Å². The van der Waals surface area contributed by atoms with Crippen LogP contribution < -0.4 is 5.32 Å². The molecule has 1 rings (SSSR count). The van der Waals surface area contributed by atoms with Crippen LogP contribution in [0.1, 0.15) is 19.8 Å². The largest absolute Gasteiger partial charge is 0.396 e. The van der Waals surface area contributed by atoms with Gasteiger partial charge in [-0.25, -0.2) is 0 Å². The molecule has 1 atom stereocenters. The summed E-state index contributed by atoms with van der Waals surface area (Å²) in [4.78, 5) is 3.91. The highest BCUT2D eigenvalue weighted by Crippen LogP contribution is 2.18. The Bertz CT molecular complexity index is 324. The Hall–Kier alpha value is -0.650. The lowest BCUT2D eigenvalue weighted by molar-refractivity contribution is 0.282. The van der Waals surface area contributed by atoms with E-state index >= 15 is 0 Å². The Labute approximate surface area is 97.8 Å². The zero-order valence-electron chi connectivity index (χ0n) is 8.24. The van der Waals surface area contributed by atoms with Crippen molar-refractivity contribution in [2.24, 2.45) is 0 Å². The van der Waals surface area contributed by atoms with Gasteiger partial charge < -0.3 is 10.4 Å². The van der Waals surface area contributed by atoms with E-state index in [0.29, 0.717) is 5.82 Å². The molecule has 0 aliphatic heterocycles. The number of aromatic nitrogens is 3. The first kappa shape index (κ1) is 12.4. The van der Waals surface area contributed by atoms with Gasteiger partial charge in [0.25, 0.3) is 0 Å². The average Bonchev–Trinajstić information content (AvgIpc) is 2.20. The van der Waals surface area contributed by atoms with E-state index in [2.05, 4.69) is 20.5 Å². The Morgan fingerprint density at radius 3 is 2.80 bits per heavy atom. The van der Waals surface area contributed by atoms with Gasteiger partial charge in [-0.2, -0.15) is 4.98 Å². The molecule has 0 aliphatic rings. The fourth-order valence-electron chi connectivity index (χ4n) is 1.09. The van der Waals surface area contributed by atoms with E-state index in [4.69, 9.17) is 28.3 Å². The van der Waals surface area contributed by atoms with Crippen molar-refractivity contribution in [1.82, 2.24) is 15.2 Å². The highest BCUT2D eigenvalue weighted by molar-refractivity contribution is 6.32. The van der Waals surface area contributed by atoms with E-state index in [0.717, 1.165) is 12.8 Å². The molecule has 1 heterocycles. The fourth-order valence-corrected chi connectivity index (χ4v) is 1.35. The molecule has 0 radical (unpaired) electrons. The standard InChI is InChI=1S/C8H12Cl2N4O/c1-5(3-2-4-15)11-7-6(9)13-14-8(10)12-7/h5,15H,2-4H2,1H3,(H,11,12,14). The van der Waals surface area contributed by atoms with Gasteiger partial charge in [-0.1, -0.05) is 11.6 Å². The third kappa shape index (κ3) is 4.15. The molecule has 84 valence electrons. The van der Waals surface area contributed by atoms with Crippen molar-refractivity contribution < 1.29 is 5.11 Å². The molecule has 0 aromatic carbocycles. The Morgan fingerprint density at radius 1 is 1.40 bits per heavy atom. The van der Waals surface area contributed by atoms with Crippen LogP contribution in [0.4, 0.5) is 5.82 Å². The van der Waals surface area contributed by atoms with Crippen molar-refractivity contribution in [3.8, 4) is 0 Å². The van der Waals surface area contributed by atoms with Crippen LogP contribution in [0.3, 0.4) is 0 Å². The van der Waals surface area contributed by atoms with E-state index in [9.17, 15) is 0 Å². The molecule has 2 N–H and O–H groups in total. The number of hydrogen-bond acceptors (Lipinski definition) is 5. The average molecular weight is 251 g/mol. The molecule has 7 heteroatoms. The van der Waals surface area contributed by atoms with Gasteiger partial charge >= 0.3 is 0 Å². The van der Waals surface area contributed by atoms with E-state index in [-0.39, 0.29) is 23.1 Å². The molecule has 1 aromatic heterocycles. The first-order valence-corrected chi connectivity index (χ1v) is 5.32. The van der Waals surface area contributed by atoms with Gasteiger partial charge in [0.15, 0.2) is 11.0 Å². The lowest BCUT2D eigenvalue weighted by Crippen LogP contribution is -2.17. The monoisotopic (exact) mass is 250 g/mol. The minimum Gasteiger partial charge on any atom is -0.396 e. The maximum absolute atomic E-state index is 8.67. The topological polar surface area (TPSA) is 70.9 Å². The van der Waals surface area contributed by atoms with E-state index < -0.39 is 0 Å². The number of nitrogens with one attached hydrogen (secondary N) is 1. The molecule has 0 amide bonds. The van der Waals surface area contributed by atoms with E-state index in [1.165, 1.54) is 0 Å². The molecule has 0 spiro atoms. The smallest absolute Gasteiger partial charge is 0.245 e. The van der Waals surface area contributed by atoms with Gasteiger partial charge in [-0.15, -0.1) is 10.2 Å². The summed E-state index contributed by atoms with van der Waals surface area (Å²) in [7, 11) is 0. The zero-order valence-corrected chi connectivity index (χ0v) is 9.76. The Morgan fingerprint density at radius 2 is 2.13 bits per heavy atom. The second-order valence-electron chi connectivity index (χ2n) is 3.13. The molecule has 1 aromatic rings. The molecule has 15 heavy (non-hydrogen) atoms. The maximum Gasteiger partial charge on any atom is 0.245 e. The van der Waals surface area contributed by atoms with Gasteiger partial charge in [-0.05, 0) is 31.4 Å². The van der Waals surface area contributed by atoms with Crippen LogP contribution in [0.15, 0.2) is 0 Å². The van der Waals surface area contributed by atoms with E-state index in [1.54, 1.807) is 0 Å². The van der Waals surface area contributed by atoms with Crippen molar-refractivity contribution >= 4 is 29.0 Å². The predicted octanol–water partition coefficient (Wildman–Crippen LogP) is 1.75. The van der Waals surface area contributed by atoms with Crippen molar-refractivity contribution in [3.05, 3.63) is 10.4 Å². The zero-order chi connectivity index (χ0) is 11.3. The number of nitrogens with zero attached hydrogens (tertiary/aromatic N) is 3. The van der Waals surface area contributed by atoms with Crippen LogP contribution in [0.2, 0.25) is 10.4 Å². The van der Waals surface area contributed by atoms with Gasteiger partial charge in [0.1, 0.15) is 0 Å². The van der Waals surface area contributed by atoms with Crippen LogP contribution in [-0.2, 0) is 0 Å². The van der Waals surface area contributed by atoms with Gasteiger partial charge in [0.05, 0.1) is 0 Å². The summed E-state index contributed by atoms with van der Waals surface area (Å²) < 4.78 is 0. The third-order valence-corrected chi connectivity index (χ3v) is 2.21. The summed E-state index contributed by atoms with van der Waals surface area (Å²) in [6.07, 6.45) is 1.53. The van der Waals surface area contributed by atoms with Crippen LogP contribution in [0.25, 0.3) is 0 Å². The molecule has 0 bridgehead atoms. The lowest BCUT2D eigenvalue weighted by atomic mass is 10.2.